The summed E-state index contributed by atoms with van der Waals surface area (Å²) in [6, 6.07) is 5.92. The van der Waals surface area contributed by atoms with Crippen molar-refractivity contribution in [2.24, 2.45) is 5.14 Å². The van der Waals surface area contributed by atoms with Gasteiger partial charge in [-0.25, -0.2) is 18.7 Å². The van der Waals surface area contributed by atoms with Crippen molar-refractivity contribution in [2.75, 3.05) is 0 Å². The Morgan fingerprint density at radius 3 is 2.56 bits per heavy atom. The summed E-state index contributed by atoms with van der Waals surface area (Å²) in [5.74, 6) is 0. The number of aromatic nitrogens is 2. The van der Waals surface area contributed by atoms with Crippen LogP contribution in [0.15, 0.2) is 40.2 Å². The van der Waals surface area contributed by atoms with Crippen molar-refractivity contribution < 1.29 is 8.42 Å². The van der Waals surface area contributed by atoms with E-state index in [1.807, 2.05) is 0 Å². The minimum atomic E-state index is -3.79. The molecular weight excluding hydrogens is 254 g/mol. The van der Waals surface area contributed by atoms with Gasteiger partial charge in [0, 0.05) is 6.20 Å². The van der Waals surface area contributed by atoms with Crippen LogP contribution in [0.2, 0.25) is 0 Å². The molecule has 1 heterocycles. The number of hydrogen-bond donors (Lipinski definition) is 2. The summed E-state index contributed by atoms with van der Waals surface area (Å²) in [4.78, 5) is 11.6. The molecule has 3 N–H and O–H groups in total. The number of sulfonamides is 1. The lowest BCUT2D eigenvalue weighted by molar-refractivity contribution is 0.598. The largest absolute Gasteiger partial charge is 0.272 e. The Morgan fingerprint density at radius 1 is 1.22 bits per heavy atom. The molecule has 1 aromatic heterocycles. The van der Waals surface area contributed by atoms with E-state index in [-0.39, 0.29) is 10.5 Å². The predicted molar refractivity (Wildman–Crippen MR) is 66.4 cm³/mol. The molecule has 0 spiro atoms. The van der Waals surface area contributed by atoms with Gasteiger partial charge in [0.2, 0.25) is 10.0 Å². The third-order valence-corrected chi connectivity index (χ3v) is 3.47. The molecule has 0 radical (unpaired) electrons. The Morgan fingerprint density at radius 2 is 1.94 bits per heavy atom. The van der Waals surface area contributed by atoms with Crippen molar-refractivity contribution in [2.45, 2.75) is 11.8 Å². The van der Waals surface area contributed by atoms with E-state index in [1.165, 1.54) is 24.4 Å². The van der Waals surface area contributed by atoms with Crippen molar-refractivity contribution in [1.82, 2.24) is 10.2 Å². The van der Waals surface area contributed by atoms with E-state index in [0.29, 0.717) is 11.1 Å². The van der Waals surface area contributed by atoms with Crippen molar-refractivity contribution >= 4 is 10.0 Å². The molecule has 0 aliphatic carbocycles. The van der Waals surface area contributed by atoms with Crippen LogP contribution in [0.4, 0.5) is 0 Å². The second-order valence-electron chi connectivity index (χ2n) is 3.82. The molecule has 2 rings (SSSR count). The molecule has 7 heteroatoms. The lowest BCUT2D eigenvalue weighted by atomic mass is 10.0. The second kappa shape index (κ2) is 4.35. The maximum Gasteiger partial charge on any atom is 0.272 e. The zero-order valence-corrected chi connectivity index (χ0v) is 10.4. The monoisotopic (exact) mass is 265 g/mol. The molecule has 94 valence electrons. The van der Waals surface area contributed by atoms with Gasteiger partial charge in [-0.15, -0.1) is 0 Å². The topological polar surface area (TPSA) is 106 Å². The van der Waals surface area contributed by atoms with Gasteiger partial charge in [-0.1, -0.05) is 6.07 Å². The molecule has 1 aromatic carbocycles. The lowest BCUT2D eigenvalue weighted by Crippen LogP contribution is -2.14. The Hall–Kier alpha value is -1.99. The highest BCUT2D eigenvalue weighted by Gasteiger charge is 2.12. The third-order valence-electron chi connectivity index (χ3n) is 2.55. The van der Waals surface area contributed by atoms with Gasteiger partial charge >= 0.3 is 0 Å². The van der Waals surface area contributed by atoms with Gasteiger partial charge in [-0.05, 0) is 36.2 Å². The first-order valence-electron chi connectivity index (χ1n) is 5.07. The molecule has 0 bridgehead atoms. The number of nitrogens with two attached hydrogens (primary N) is 1. The number of aromatic amines is 1. The average Bonchev–Trinajstić information content (AvgIpc) is 2.29. The fourth-order valence-corrected chi connectivity index (χ4v) is 2.16. The molecule has 0 fully saturated rings. The van der Waals surface area contributed by atoms with Gasteiger partial charge in [0.05, 0.1) is 10.5 Å². The predicted octanol–water partition coefficient (Wildman–Crippen LogP) is 0.393. The van der Waals surface area contributed by atoms with Crippen LogP contribution in [0, 0.1) is 6.92 Å². The maximum atomic E-state index is 11.6. The standard InChI is InChI=1S/C11H11N3O3S/c1-7-2-3-8(18(12,16)17)6-10(7)9-4-5-13-14-11(9)15/h2-6H,1H3,(H,14,15)(H2,12,16,17). The second-order valence-corrected chi connectivity index (χ2v) is 5.38. The van der Waals surface area contributed by atoms with E-state index in [0.717, 1.165) is 5.56 Å². The number of H-pyrrole nitrogens is 1. The number of rotatable bonds is 2. The molecular formula is C11H11N3O3S. The Bertz CT molecular complexity index is 750. The van der Waals surface area contributed by atoms with E-state index in [9.17, 15) is 13.2 Å². The number of primary sulfonamides is 1. The van der Waals surface area contributed by atoms with Crippen LogP contribution in [0.1, 0.15) is 5.56 Å². The van der Waals surface area contributed by atoms with Gasteiger partial charge in [0.15, 0.2) is 0 Å². The molecule has 0 aliphatic rings. The highest BCUT2D eigenvalue weighted by atomic mass is 32.2. The Labute approximate surface area is 104 Å². The minimum absolute atomic E-state index is 0.0284. The van der Waals surface area contributed by atoms with Crippen LogP contribution in [0.25, 0.3) is 11.1 Å². The summed E-state index contributed by atoms with van der Waals surface area (Å²) in [6.45, 7) is 1.78. The van der Waals surface area contributed by atoms with Gasteiger partial charge in [0.25, 0.3) is 5.56 Å². The van der Waals surface area contributed by atoms with Crippen molar-refractivity contribution in [1.29, 1.82) is 0 Å². The van der Waals surface area contributed by atoms with Crippen LogP contribution < -0.4 is 10.7 Å². The van der Waals surface area contributed by atoms with Crippen LogP contribution in [-0.4, -0.2) is 18.6 Å². The van der Waals surface area contributed by atoms with Crippen LogP contribution >= 0.6 is 0 Å². The summed E-state index contributed by atoms with van der Waals surface area (Å²) < 4.78 is 22.6. The van der Waals surface area contributed by atoms with Crippen molar-refractivity contribution in [3.63, 3.8) is 0 Å². The number of benzene rings is 1. The molecule has 18 heavy (non-hydrogen) atoms. The fourth-order valence-electron chi connectivity index (χ4n) is 1.62. The molecule has 0 aliphatic heterocycles. The first-order chi connectivity index (χ1) is 8.39. The summed E-state index contributed by atoms with van der Waals surface area (Å²) in [5.41, 5.74) is 1.27. The summed E-state index contributed by atoms with van der Waals surface area (Å²) in [6.07, 6.45) is 1.43. The minimum Gasteiger partial charge on any atom is -0.267 e. The van der Waals surface area contributed by atoms with Crippen LogP contribution in [0.3, 0.4) is 0 Å². The lowest BCUT2D eigenvalue weighted by Gasteiger charge is -2.07. The summed E-state index contributed by atoms with van der Waals surface area (Å²) in [7, 11) is -3.79. The highest BCUT2D eigenvalue weighted by molar-refractivity contribution is 7.89. The quantitative estimate of drug-likeness (QED) is 0.819. The van der Waals surface area contributed by atoms with Gasteiger partial charge < -0.3 is 0 Å². The average molecular weight is 265 g/mol. The molecule has 2 aromatic rings. The summed E-state index contributed by atoms with van der Waals surface area (Å²) in [5, 5.41) is 11.0. The fraction of sp³-hybridized carbons (Fsp3) is 0.0909. The smallest absolute Gasteiger partial charge is 0.267 e. The van der Waals surface area contributed by atoms with Crippen molar-refractivity contribution in [3.8, 4) is 11.1 Å². The molecule has 0 saturated heterocycles. The zero-order valence-electron chi connectivity index (χ0n) is 9.54. The molecule has 0 atom stereocenters. The van der Waals surface area contributed by atoms with E-state index < -0.39 is 10.0 Å². The first-order valence-corrected chi connectivity index (χ1v) is 6.62. The van der Waals surface area contributed by atoms with Crippen molar-refractivity contribution in [3.05, 3.63) is 46.4 Å². The molecule has 6 nitrogen and oxygen atoms in total. The molecule has 0 amide bonds. The van der Waals surface area contributed by atoms with E-state index in [4.69, 9.17) is 5.14 Å². The first kappa shape index (κ1) is 12.5. The van der Waals surface area contributed by atoms with E-state index in [2.05, 4.69) is 10.2 Å². The van der Waals surface area contributed by atoms with E-state index >= 15 is 0 Å². The maximum absolute atomic E-state index is 11.6. The molecule has 0 saturated carbocycles. The van der Waals surface area contributed by atoms with E-state index in [1.54, 1.807) is 13.0 Å². The number of nitrogens with one attached hydrogen (secondary N) is 1. The number of aryl methyl sites for hydroxylation is 1. The van der Waals surface area contributed by atoms with Gasteiger partial charge in [-0.3, -0.25) is 4.79 Å². The van der Waals surface area contributed by atoms with Crippen LogP contribution in [-0.2, 0) is 10.0 Å². The number of hydrogen-bond acceptors (Lipinski definition) is 4. The summed E-state index contributed by atoms with van der Waals surface area (Å²) >= 11 is 0. The van der Waals surface area contributed by atoms with Gasteiger partial charge in [-0.2, -0.15) is 5.10 Å². The Kier molecular flexibility index (Phi) is 3.02. The zero-order chi connectivity index (χ0) is 13.3. The Balaban J connectivity index is 2.73. The third kappa shape index (κ3) is 2.31. The van der Waals surface area contributed by atoms with Crippen LogP contribution in [0.5, 0.6) is 0 Å². The van der Waals surface area contributed by atoms with Gasteiger partial charge in [0.1, 0.15) is 0 Å². The number of nitrogens with zero attached hydrogens (tertiary/aromatic N) is 1. The normalized spacial score (nSPS) is 11.4. The SMILES string of the molecule is Cc1ccc(S(N)(=O)=O)cc1-c1ccn[nH]c1=O. The highest BCUT2D eigenvalue weighted by Crippen LogP contribution is 2.22. The molecule has 0 unspecified atom stereocenters.